The lowest BCUT2D eigenvalue weighted by Gasteiger charge is -2.21. The minimum absolute atomic E-state index is 0.243. The topological polar surface area (TPSA) is 78.7 Å². The van der Waals surface area contributed by atoms with E-state index >= 15 is 0 Å². The van der Waals surface area contributed by atoms with Crippen molar-refractivity contribution < 1.29 is 9.90 Å². The summed E-state index contributed by atoms with van der Waals surface area (Å²) in [6.07, 6.45) is 6.73. The van der Waals surface area contributed by atoms with E-state index in [-0.39, 0.29) is 5.57 Å². The third kappa shape index (κ3) is 6.41. The summed E-state index contributed by atoms with van der Waals surface area (Å²) >= 11 is 0. The van der Waals surface area contributed by atoms with Gasteiger partial charge < -0.3 is 5.11 Å². The number of aliphatic carboxylic acids is 1. The molecule has 6 heteroatoms. The van der Waals surface area contributed by atoms with Crippen molar-refractivity contribution in [2.75, 3.05) is 6.54 Å². The molecular weight excluding hydrogens is 328 g/mol. The summed E-state index contributed by atoms with van der Waals surface area (Å²) < 4.78 is 0. The molecule has 0 spiro atoms. The Morgan fingerprint density at radius 3 is 2.12 bits per heavy atom. The predicted molar refractivity (Wildman–Crippen MR) is 102 cm³/mol. The van der Waals surface area contributed by atoms with Gasteiger partial charge in [-0.15, -0.1) is 0 Å². The van der Waals surface area contributed by atoms with E-state index in [1.54, 1.807) is 25.4 Å². The van der Waals surface area contributed by atoms with Gasteiger partial charge >= 0.3 is 5.97 Å². The van der Waals surface area contributed by atoms with Crippen LogP contribution in [0.25, 0.3) is 0 Å². The summed E-state index contributed by atoms with van der Waals surface area (Å²) in [5.74, 6) is -0.955. The Morgan fingerprint density at radius 1 is 1.12 bits per heavy atom. The molecule has 134 valence electrons. The number of aromatic nitrogens is 2. The van der Waals surface area contributed by atoms with Crippen molar-refractivity contribution in [2.24, 2.45) is 4.99 Å². The third-order valence-electron chi connectivity index (χ3n) is 3.68. The van der Waals surface area contributed by atoms with Crippen molar-refractivity contribution in [3.63, 3.8) is 0 Å². The van der Waals surface area contributed by atoms with E-state index in [0.29, 0.717) is 25.3 Å². The first-order valence-electron chi connectivity index (χ1n) is 8.18. The SMILES string of the molecule is C=N/C(=C\C=C(/C)C(=O)O)CN(Cc1ccccn1)Cc1ccccn1. The van der Waals surface area contributed by atoms with Crippen LogP contribution in [0.1, 0.15) is 18.3 Å². The van der Waals surface area contributed by atoms with Crippen LogP contribution in [0.3, 0.4) is 0 Å². The number of allylic oxidation sites excluding steroid dienone is 2. The molecular formula is C20H22N4O2. The zero-order valence-electron chi connectivity index (χ0n) is 14.7. The molecule has 2 aromatic rings. The number of carbonyl (C=O) groups is 1. The van der Waals surface area contributed by atoms with Gasteiger partial charge in [-0.1, -0.05) is 18.2 Å². The lowest BCUT2D eigenvalue weighted by Crippen LogP contribution is -2.25. The first-order chi connectivity index (χ1) is 12.6. The molecule has 2 heterocycles. The number of hydrogen-bond acceptors (Lipinski definition) is 5. The average Bonchev–Trinajstić information content (AvgIpc) is 2.66. The minimum atomic E-state index is -0.955. The van der Waals surface area contributed by atoms with E-state index in [4.69, 9.17) is 5.11 Å². The van der Waals surface area contributed by atoms with Gasteiger partial charge in [-0.3, -0.25) is 19.9 Å². The molecule has 26 heavy (non-hydrogen) atoms. The molecule has 0 radical (unpaired) electrons. The average molecular weight is 350 g/mol. The standard InChI is InChI=1S/C20H22N4O2/c1-16(20(25)26)9-10-17(21-2)13-24(14-18-7-3-5-11-22-18)15-19-8-4-6-12-23-19/h3-12H,2,13-15H2,1H3,(H,25,26)/b16-9+,17-10-. The maximum absolute atomic E-state index is 10.9. The molecule has 0 aliphatic rings. The molecule has 0 aliphatic carbocycles. The predicted octanol–water partition coefficient (Wildman–Crippen LogP) is 3.09. The molecule has 0 unspecified atom stereocenters. The van der Waals surface area contributed by atoms with Gasteiger partial charge in [0.2, 0.25) is 0 Å². The van der Waals surface area contributed by atoms with E-state index in [9.17, 15) is 4.79 Å². The van der Waals surface area contributed by atoms with E-state index in [0.717, 1.165) is 11.4 Å². The molecule has 0 saturated heterocycles. The molecule has 0 atom stereocenters. The fourth-order valence-corrected chi connectivity index (χ4v) is 2.29. The van der Waals surface area contributed by atoms with Gasteiger partial charge in [0.1, 0.15) is 0 Å². The second-order valence-corrected chi connectivity index (χ2v) is 5.76. The van der Waals surface area contributed by atoms with Crippen LogP contribution in [0.5, 0.6) is 0 Å². The summed E-state index contributed by atoms with van der Waals surface area (Å²) in [5, 5.41) is 8.97. The molecule has 2 rings (SSSR count). The summed E-state index contributed by atoms with van der Waals surface area (Å²) in [5.41, 5.74) is 2.79. The molecule has 1 N–H and O–H groups in total. The largest absolute Gasteiger partial charge is 0.478 e. The highest BCUT2D eigenvalue weighted by atomic mass is 16.4. The van der Waals surface area contributed by atoms with Crippen LogP contribution >= 0.6 is 0 Å². The van der Waals surface area contributed by atoms with Crippen molar-refractivity contribution in [3.05, 3.63) is 83.6 Å². The van der Waals surface area contributed by atoms with Crippen LogP contribution in [0, 0.1) is 0 Å². The van der Waals surface area contributed by atoms with Crippen LogP contribution in [0.2, 0.25) is 0 Å². The first-order valence-corrected chi connectivity index (χ1v) is 8.18. The van der Waals surface area contributed by atoms with E-state index in [2.05, 4.69) is 26.6 Å². The Hall–Kier alpha value is -3.12. The second-order valence-electron chi connectivity index (χ2n) is 5.76. The molecule has 6 nitrogen and oxygen atoms in total. The van der Waals surface area contributed by atoms with E-state index in [1.165, 1.54) is 6.08 Å². The van der Waals surface area contributed by atoms with Crippen LogP contribution in [0.15, 0.2) is 77.2 Å². The molecule has 0 fully saturated rings. The highest BCUT2D eigenvalue weighted by molar-refractivity contribution is 5.86. The number of rotatable bonds is 9. The first kappa shape index (κ1) is 19.2. The van der Waals surface area contributed by atoms with Crippen molar-refractivity contribution >= 4 is 12.7 Å². The molecule has 0 aromatic carbocycles. The lowest BCUT2D eigenvalue weighted by atomic mass is 10.2. The van der Waals surface area contributed by atoms with Gasteiger partial charge in [0.05, 0.1) is 17.1 Å². The Morgan fingerprint density at radius 2 is 1.69 bits per heavy atom. The number of carboxylic acid groups (broad SMARTS) is 1. The summed E-state index contributed by atoms with van der Waals surface area (Å²) in [6, 6.07) is 11.6. The fourth-order valence-electron chi connectivity index (χ4n) is 2.29. The monoisotopic (exact) mass is 350 g/mol. The van der Waals surface area contributed by atoms with Gasteiger partial charge in [0.15, 0.2) is 0 Å². The Kier molecular flexibility index (Phi) is 7.39. The molecule has 0 bridgehead atoms. The number of carboxylic acids is 1. The molecule has 2 aromatic heterocycles. The van der Waals surface area contributed by atoms with Crippen LogP contribution in [0.4, 0.5) is 0 Å². The number of aliphatic imine (C=N–C) groups is 1. The number of pyridine rings is 2. The van der Waals surface area contributed by atoms with Crippen molar-refractivity contribution in [1.29, 1.82) is 0 Å². The van der Waals surface area contributed by atoms with Gasteiger partial charge in [-0.2, -0.15) is 0 Å². The summed E-state index contributed by atoms with van der Waals surface area (Å²) in [6.45, 7) is 6.87. The summed E-state index contributed by atoms with van der Waals surface area (Å²) in [4.78, 5) is 25.8. The Balaban J connectivity index is 2.18. The molecule has 0 aliphatic heterocycles. The highest BCUT2D eigenvalue weighted by Gasteiger charge is 2.11. The maximum atomic E-state index is 10.9. The fraction of sp³-hybridized carbons (Fsp3) is 0.200. The van der Waals surface area contributed by atoms with Crippen LogP contribution in [-0.4, -0.2) is 39.2 Å². The lowest BCUT2D eigenvalue weighted by molar-refractivity contribution is -0.132. The smallest absolute Gasteiger partial charge is 0.331 e. The Labute approximate surface area is 153 Å². The van der Waals surface area contributed by atoms with Crippen molar-refractivity contribution in [2.45, 2.75) is 20.0 Å². The van der Waals surface area contributed by atoms with Gasteiger partial charge in [-0.25, -0.2) is 4.79 Å². The Bertz CT molecular complexity index is 744. The van der Waals surface area contributed by atoms with Crippen LogP contribution in [-0.2, 0) is 17.9 Å². The van der Waals surface area contributed by atoms with Crippen molar-refractivity contribution in [3.8, 4) is 0 Å². The quantitative estimate of drug-likeness (QED) is 0.427. The summed E-state index contributed by atoms with van der Waals surface area (Å²) in [7, 11) is 0. The van der Waals surface area contributed by atoms with Gasteiger partial charge in [0.25, 0.3) is 0 Å². The van der Waals surface area contributed by atoms with Crippen LogP contribution < -0.4 is 0 Å². The second kappa shape index (κ2) is 10.0. The van der Waals surface area contributed by atoms with Gasteiger partial charge in [-0.05, 0) is 44.0 Å². The molecule has 0 saturated carbocycles. The van der Waals surface area contributed by atoms with E-state index in [1.807, 2.05) is 36.4 Å². The zero-order chi connectivity index (χ0) is 18.8. The number of nitrogens with zero attached hydrogens (tertiary/aromatic N) is 4. The van der Waals surface area contributed by atoms with E-state index < -0.39 is 5.97 Å². The molecule has 0 amide bonds. The highest BCUT2D eigenvalue weighted by Crippen LogP contribution is 2.11. The zero-order valence-corrected chi connectivity index (χ0v) is 14.7. The normalized spacial score (nSPS) is 12.2. The maximum Gasteiger partial charge on any atom is 0.331 e. The minimum Gasteiger partial charge on any atom is -0.478 e. The number of hydrogen-bond donors (Lipinski definition) is 1. The van der Waals surface area contributed by atoms with Gasteiger partial charge in [0, 0.05) is 37.6 Å². The van der Waals surface area contributed by atoms with Crippen molar-refractivity contribution in [1.82, 2.24) is 14.9 Å². The third-order valence-corrected chi connectivity index (χ3v) is 3.68.